The van der Waals surface area contributed by atoms with Gasteiger partial charge in [0.2, 0.25) is 0 Å². The SMILES string of the molecule is CN1CCc2ccccc2S1=O. The molecular weight excluding hydrogens is 170 g/mol. The van der Waals surface area contributed by atoms with Crippen molar-refractivity contribution in [2.45, 2.75) is 11.3 Å². The maximum absolute atomic E-state index is 11.7. The first-order chi connectivity index (χ1) is 5.79. The highest BCUT2D eigenvalue weighted by atomic mass is 32.2. The Morgan fingerprint density at radius 2 is 2.17 bits per heavy atom. The molecule has 0 fully saturated rings. The summed E-state index contributed by atoms with van der Waals surface area (Å²) in [5, 5.41) is 0. The summed E-state index contributed by atoms with van der Waals surface area (Å²) in [5.41, 5.74) is 1.23. The van der Waals surface area contributed by atoms with Crippen molar-refractivity contribution in [3.05, 3.63) is 29.8 Å². The fraction of sp³-hybridized carbons (Fsp3) is 0.333. The van der Waals surface area contributed by atoms with E-state index in [-0.39, 0.29) is 0 Å². The van der Waals surface area contributed by atoms with Gasteiger partial charge in [0.05, 0.1) is 4.90 Å². The standard InChI is InChI=1S/C9H11NOS/c1-10-7-6-8-4-2-3-5-9(8)12(10)11/h2-5H,6-7H2,1H3. The van der Waals surface area contributed by atoms with Gasteiger partial charge in [-0.2, -0.15) is 0 Å². The Kier molecular flexibility index (Phi) is 1.98. The van der Waals surface area contributed by atoms with Crippen molar-refractivity contribution in [2.24, 2.45) is 0 Å². The fourth-order valence-corrected chi connectivity index (χ4v) is 2.59. The van der Waals surface area contributed by atoms with Crippen LogP contribution in [0.2, 0.25) is 0 Å². The quantitative estimate of drug-likeness (QED) is 0.589. The summed E-state index contributed by atoms with van der Waals surface area (Å²) in [6, 6.07) is 7.94. The molecule has 1 aromatic carbocycles. The molecule has 0 bridgehead atoms. The molecule has 2 rings (SSSR count). The van der Waals surface area contributed by atoms with Gasteiger partial charge in [-0.3, -0.25) is 0 Å². The van der Waals surface area contributed by atoms with E-state index in [1.807, 2.05) is 29.6 Å². The number of rotatable bonds is 0. The number of benzene rings is 1. The average molecular weight is 181 g/mol. The predicted octanol–water partition coefficient (Wildman–Crippen LogP) is 1.20. The van der Waals surface area contributed by atoms with E-state index in [4.69, 9.17) is 0 Å². The Hall–Kier alpha value is -0.670. The maximum atomic E-state index is 11.7. The van der Waals surface area contributed by atoms with Crippen LogP contribution in [0.5, 0.6) is 0 Å². The maximum Gasteiger partial charge on any atom is 0.127 e. The molecule has 3 heteroatoms. The van der Waals surface area contributed by atoms with E-state index in [0.717, 1.165) is 17.9 Å². The van der Waals surface area contributed by atoms with Crippen LogP contribution in [0.15, 0.2) is 29.2 Å². The largest absolute Gasteiger partial charge is 0.237 e. The van der Waals surface area contributed by atoms with Crippen molar-refractivity contribution in [1.82, 2.24) is 4.31 Å². The van der Waals surface area contributed by atoms with Crippen LogP contribution in [-0.4, -0.2) is 22.1 Å². The van der Waals surface area contributed by atoms with Crippen molar-refractivity contribution >= 4 is 11.0 Å². The fourth-order valence-electron chi connectivity index (χ4n) is 1.41. The minimum absolute atomic E-state index is 0.892. The zero-order valence-electron chi connectivity index (χ0n) is 6.99. The molecule has 1 aromatic rings. The van der Waals surface area contributed by atoms with E-state index >= 15 is 0 Å². The molecule has 0 radical (unpaired) electrons. The van der Waals surface area contributed by atoms with Crippen LogP contribution in [0, 0.1) is 0 Å². The predicted molar refractivity (Wildman–Crippen MR) is 49.2 cm³/mol. The summed E-state index contributed by atoms with van der Waals surface area (Å²) in [7, 11) is 0.968. The van der Waals surface area contributed by atoms with Gasteiger partial charge >= 0.3 is 0 Å². The molecule has 1 unspecified atom stereocenters. The molecule has 1 aliphatic rings. The number of fused-ring (bicyclic) bond motifs is 1. The molecule has 0 saturated carbocycles. The second-order valence-electron chi connectivity index (χ2n) is 2.96. The van der Waals surface area contributed by atoms with E-state index in [9.17, 15) is 4.21 Å². The molecule has 1 aliphatic heterocycles. The Morgan fingerprint density at radius 1 is 1.42 bits per heavy atom. The van der Waals surface area contributed by atoms with Crippen LogP contribution in [0.25, 0.3) is 0 Å². The van der Waals surface area contributed by atoms with Crippen LogP contribution >= 0.6 is 0 Å². The minimum Gasteiger partial charge on any atom is -0.237 e. The zero-order chi connectivity index (χ0) is 8.55. The van der Waals surface area contributed by atoms with Gasteiger partial charge in [0, 0.05) is 13.6 Å². The summed E-state index contributed by atoms with van der Waals surface area (Å²) in [6.07, 6.45) is 1.01. The Morgan fingerprint density at radius 3 is 3.00 bits per heavy atom. The average Bonchev–Trinajstić information content (AvgIpc) is 2.12. The molecule has 0 amide bonds. The normalized spacial score (nSPS) is 23.6. The summed E-state index contributed by atoms with van der Waals surface area (Å²) in [5.74, 6) is 0. The molecular formula is C9H11NOS. The van der Waals surface area contributed by atoms with Crippen molar-refractivity contribution in [1.29, 1.82) is 0 Å². The molecule has 1 atom stereocenters. The summed E-state index contributed by atoms with van der Waals surface area (Å²) in [4.78, 5) is 0.978. The lowest BCUT2D eigenvalue weighted by Gasteiger charge is -2.23. The summed E-state index contributed by atoms with van der Waals surface area (Å²) < 4.78 is 13.5. The second kappa shape index (κ2) is 2.99. The second-order valence-corrected chi connectivity index (χ2v) is 4.52. The van der Waals surface area contributed by atoms with Crippen LogP contribution in [-0.2, 0) is 17.4 Å². The molecule has 64 valence electrons. The monoisotopic (exact) mass is 181 g/mol. The first-order valence-corrected chi connectivity index (χ1v) is 5.10. The van der Waals surface area contributed by atoms with E-state index in [1.54, 1.807) is 0 Å². The first-order valence-electron chi connectivity index (χ1n) is 4.00. The smallest absolute Gasteiger partial charge is 0.127 e. The molecule has 0 aromatic heterocycles. The number of hydrogen-bond donors (Lipinski definition) is 0. The van der Waals surface area contributed by atoms with E-state index in [1.165, 1.54) is 5.56 Å². The van der Waals surface area contributed by atoms with Gasteiger partial charge in [0.15, 0.2) is 0 Å². The van der Waals surface area contributed by atoms with Gasteiger partial charge in [-0.05, 0) is 18.1 Å². The highest BCUT2D eigenvalue weighted by Crippen LogP contribution is 2.20. The van der Waals surface area contributed by atoms with Crippen LogP contribution in [0.3, 0.4) is 0 Å². The Bertz CT molecular complexity index is 324. The number of nitrogens with zero attached hydrogens (tertiary/aromatic N) is 1. The third-order valence-corrected chi connectivity index (χ3v) is 3.66. The van der Waals surface area contributed by atoms with Gasteiger partial charge in [-0.1, -0.05) is 18.2 Å². The molecule has 1 heterocycles. The third kappa shape index (κ3) is 1.19. The van der Waals surface area contributed by atoms with E-state index in [0.29, 0.717) is 0 Å². The first kappa shape index (κ1) is 7.95. The van der Waals surface area contributed by atoms with Crippen LogP contribution < -0.4 is 0 Å². The highest BCUT2D eigenvalue weighted by Gasteiger charge is 2.19. The van der Waals surface area contributed by atoms with Crippen molar-refractivity contribution in [3.63, 3.8) is 0 Å². The lowest BCUT2D eigenvalue weighted by Crippen LogP contribution is -2.29. The van der Waals surface area contributed by atoms with Crippen molar-refractivity contribution in [3.8, 4) is 0 Å². The Balaban J connectivity index is 2.49. The Labute approximate surface area is 74.8 Å². The van der Waals surface area contributed by atoms with Crippen LogP contribution in [0.4, 0.5) is 0 Å². The van der Waals surface area contributed by atoms with Gasteiger partial charge in [0.25, 0.3) is 0 Å². The summed E-state index contributed by atoms with van der Waals surface area (Å²) >= 11 is 0. The molecule has 0 aliphatic carbocycles. The number of hydrogen-bond acceptors (Lipinski definition) is 1. The van der Waals surface area contributed by atoms with Crippen molar-refractivity contribution in [2.75, 3.05) is 13.6 Å². The van der Waals surface area contributed by atoms with Gasteiger partial charge in [-0.25, -0.2) is 8.51 Å². The van der Waals surface area contributed by atoms with Crippen LogP contribution in [0.1, 0.15) is 5.56 Å². The summed E-state index contributed by atoms with van der Waals surface area (Å²) in [6.45, 7) is 0.892. The molecule has 12 heavy (non-hydrogen) atoms. The third-order valence-electron chi connectivity index (χ3n) is 2.14. The van der Waals surface area contributed by atoms with Gasteiger partial charge in [0.1, 0.15) is 11.0 Å². The lowest BCUT2D eigenvalue weighted by atomic mass is 10.1. The molecule has 0 saturated heterocycles. The lowest BCUT2D eigenvalue weighted by molar-refractivity contribution is 0.509. The number of likely N-dealkylation sites (N-methyl/N-ethyl adjacent to an activating group) is 1. The molecule has 0 spiro atoms. The molecule has 2 nitrogen and oxygen atoms in total. The zero-order valence-corrected chi connectivity index (χ0v) is 7.80. The molecule has 0 N–H and O–H groups in total. The van der Waals surface area contributed by atoms with Gasteiger partial charge in [-0.15, -0.1) is 0 Å². The highest BCUT2D eigenvalue weighted by molar-refractivity contribution is 7.82. The van der Waals surface area contributed by atoms with Gasteiger partial charge < -0.3 is 0 Å². The minimum atomic E-state index is -0.927. The van der Waals surface area contributed by atoms with E-state index in [2.05, 4.69) is 6.07 Å². The topological polar surface area (TPSA) is 20.3 Å². The van der Waals surface area contributed by atoms with Crippen molar-refractivity contribution < 1.29 is 4.21 Å². The van der Waals surface area contributed by atoms with E-state index < -0.39 is 11.0 Å².